The van der Waals surface area contributed by atoms with E-state index in [2.05, 4.69) is 0 Å². The summed E-state index contributed by atoms with van der Waals surface area (Å²) in [5.74, 6) is -7.70. The van der Waals surface area contributed by atoms with E-state index in [1.54, 1.807) is 45.2 Å². The number of alkyl halides is 6. The van der Waals surface area contributed by atoms with Crippen molar-refractivity contribution < 1.29 is 17.6 Å². The van der Waals surface area contributed by atoms with Gasteiger partial charge in [-0.15, -0.1) is 0 Å². The molecule has 0 aliphatic rings. The topological polar surface area (TPSA) is 0 Å². The van der Waals surface area contributed by atoms with Crippen LogP contribution in [0.15, 0.2) is 0 Å². The molecule has 0 saturated carbocycles. The highest BCUT2D eigenvalue weighted by Crippen LogP contribution is 2.40. The van der Waals surface area contributed by atoms with Crippen LogP contribution in [0.4, 0.5) is 17.6 Å². The molecule has 0 nitrogen and oxygen atoms in total. The van der Waals surface area contributed by atoms with Gasteiger partial charge in [0.25, 0.3) is 0 Å². The average Bonchev–Trinajstić information content (AvgIpc) is 1.86. The van der Waals surface area contributed by atoms with E-state index in [4.69, 9.17) is 0 Å². The highest BCUT2D eigenvalue weighted by molar-refractivity contribution is 14.1. The van der Waals surface area contributed by atoms with Crippen molar-refractivity contribution >= 4 is 45.2 Å². The van der Waals surface area contributed by atoms with Crippen molar-refractivity contribution in [3.8, 4) is 0 Å². The third-order valence-corrected chi connectivity index (χ3v) is 2.43. The van der Waals surface area contributed by atoms with Gasteiger partial charge in [-0.2, -0.15) is 17.6 Å². The van der Waals surface area contributed by atoms with Crippen LogP contribution in [0.5, 0.6) is 0 Å². The Balaban J connectivity index is 4.28. The van der Waals surface area contributed by atoms with E-state index < -0.39 is 24.7 Å². The van der Waals surface area contributed by atoms with Crippen LogP contribution < -0.4 is 0 Å². The molecule has 0 heterocycles. The third kappa shape index (κ3) is 3.51. The van der Waals surface area contributed by atoms with E-state index >= 15 is 0 Å². The number of hydrogen-bond donors (Lipinski definition) is 0. The van der Waals surface area contributed by atoms with E-state index in [0.29, 0.717) is 0 Å². The minimum absolute atomic E-state index is 0.0432. The fourth-order valence-corrected chi connectivity index (χ4v) is 1.96. The van der Waals surface area contributed by atoms with Gasteiger partial charge in [0.05, 0.1) is 0 Å². The zero-order valence-electron chi connectivity index (χ0n) is 6.10. The van der Waals surface area contributed by atoms with Gasteiger partial charge in [-0.1, -0.05) is 45.2 Å². The van der Waals surface area contributed by atoms with Crippen LogP contribution >= 0.6 is 45.2 Å². The van der Waals surface area contributed by atoms with Crippen LogP contribution in [0.25, 0.3) is 0 Å². The van der Waals surface area contributed by atoms with Crippen molar-refractivity contribution in [2.24, 2.45) is 0 Å². The lowest BCUT2D eigenvalue weighted by Crippen LogP contribution is -2.41. The summed E-state index contributed by atoms with van der Waals surface area (Å²) in [7, 11) is 0. The Bertz CT molecular complexity index is 122. The zero-order valence-corrected chi connectivity index (χ0v) is 10.4. The van der Waals surface area contributed by atoms with E-state index in [1.807, 2.05) is 0 Å². The fourth-order valence-electron chi connectivity index (χ4n) is 0.603. The quantitative estimate of drug-likeness (QED) is 0.367. The molecule has 0 unspecified atom stereocenters. The van der Waals surface area contributed by atoms with Gasteiger partial charge in [0, 0.05) is 21.7 Å². The molecule has 0 radical (unpaired) electrons. The zero-order chi connectivity index (χ0) is 9.83. The van der Waals surface area contributed by atoms with Crippen LogP contribution in [-0.4, -0.2) is 20.7 Å². The van der Waals surface area contributed by atoms with Crippen molar-refractivity contribution in [1.82, 2.24) is 0 Å². The highest BCUT2D eigenvalue weighted by Gasteiger charge is 2.54. The maximum atomic E-state index is 12.6. The predicted octanol–water partition coefficient (Wildman–Crippen LogP) is 3.91. The molecular formula is C6H8F4I2. The Morgan fingerprint density at radius 3 is 1.17 bits per heavy atom. The lowest BCUT2D eigenvalue weighted by atomic mass is 10.1. The molecule has 0 rings (SSSR count). The second-order valence-electron chi connectivity index (χ2n) is 2.29. The van der Waals surface area contributed by atoms with E-state index in [1.165, 1.54) is 0 Å². The van der Waals surface area contributed by atoms with Gasteiger partial charge in [-0.3, -0.25) is 0 Å². The molecule has 0 aromatic rings. The molecule has 0 fully saturated rings. The van der Waals surface area contributed by atoms with Crippen LogP contribution in [0, 0.1) is 0 Å². The summed E-state index contributed by atoms with van der Waals surface area (Å²) >= 11 is 3.33. The molecule has 12 heavy (non-hydrogen) atoms. The van der Waals surface area contributed by atoms with Crippen LogP contribution in [0.2, 0.25) is 0 Å². The van der Waals surface area contributed by atoms with E-state index in [0.717, 1.165) is 0 Å². The fraction of sp³-hybridized carbons (Fsp3) is 1.00. The highest BCUT2D eigenvalue weighted by atomic mass is 127. The predicted molar refractivity (Wildman–Crippen MR) is 56.9 cm³/mol. The molecule has 0 spiro atoms. The molecule has 0 saturated heterocycles. The molecule has 0 atom stereocenters. The smallest absolute Gasteiger partial charge is 0.200 e. The minimum Gasteiger partial charge on any atom is -0.200 e. The van der Waals surface area contributed by atoms with Gasteiger partial charge in [0.1, 0.15) is 0 Å². The largest absolute Gasteiger partial charge is 0.311 e. The second-order valence-corrected chi connectivity index (χ2v) is 4.44. The molecular weight excluding hydrogens is 402 g/mol. The van der Waals surface area contributed by atoms with Crippen LogP contribution in [0.1, 0.15) is 12.8 Å². The minimum atomic E-state index is -3.85. The first-order valence-corrected chi connectivity index (χ1v) is 6.30. The molecule has 6 heteroatoms. The lowest BCUT2D eigenvalue weighted by molar-refractivity contribution is -0.208. The van der Waals surface area contributed by atoms with Crippen LogP contribution in [0.3, 0.4) is 0 Å². The van der Waals surface area contributed by atoms with Crippen molar-refractivity contribution in [2.75, 3.05) is 8.86 Å². The number of hydrogen-bond acceptors (Lipinski definition) is 0. The standard InChI is InChI=1S/C6H8F4I2/c7-5(8,1-3-11)6(9,10)2-4-12/h1-4H2. The van der Waals surface area contributed by atoms with Crippen molar-refractivity contribution in [1.29, 1.82) is 0 Å². The van der Waals surface area contributed by atoms with Gasteiger partial charge in [-0.05, 0) is 0 Å². The first-order valence-electron chi connectivity index (χ1n) is 3.25. The molecule has 0 bridgehead atoms. The molecule has 0 aromatic heterocycles. The van der Waals surface area contributed by atoms with Crippen molar-refractivity contribution in [2.45, 2.75) is 24.7 Å². The molecule has 0 amide bonds. The maximum absolute atomic E-state index is 12.6. The normalized spacial score (nSPS) is 13.5. The first kappa shape index (κ1) is 13.2. The Kier molecular flexibility index (Phi) is 5.67. The SMILES string of the molecule is FC(F)(CCI)C(F)(F)CCI. The second kappa shape index (κ2) is 5.16. The van der Waals surface area contributed by atoms with Crippen LogP contribution in [-0.2, 0) is 0 Å². The van der Waals surface area contributed by atoms with Gasteiger partial charge in [0.2, 0.25) is 0 Å². The summed E-state index contributed by atoms with van der Waals surface area (Å²) in [4.78, 5) is 0. The lowest BCUT2D eigenvalue weighted by Gasteiger charge is -2.25. The van der Waals surface area contributed by atoms with Gasteiger partial charge in [0.15, 0.2) is 0 Å². The van der Waals surface area contributed by atoms with E-state index in [-0.39, 0.29) is 8.86 Å². The maximum Gasteiger partial charge on any atom is 0.311 e. The molecule has 0 aliphatic carbocycles. The number of halogens is 6. The average molecular weight is 410 g/mol. The Labute approximate surface area is 95.7 Å². The van der Waals surface area contributed by atoms with Crippen molar-refractivity contribution in [3.63, 3.8) is 0 Å². The Morgan fingerprint density at radius 1 is 0.750 bits per heavy atom. The van der Waals surface area contributed by atoms with Gasteiger partial charge in [-0.25, -0.2) is 0 Å². The monoisotopic (exact) mass is 410 g/mol. The summed E-state index contributed by atoms with van der Waals surface area (Å²) < 4.78 is 50.6. The number of rotatable bonds is 5. The summed E-state index contributed by atoms with van der Waals surface area (Å²) in [5.41, 5.74) is 0. The van der Waals surface area contributed by atoms with Gasteiger partial charge < -0.3 is 0 Å². The summed E-state index contributed by atoms with van der Waals surface area (Å²) in [5, 5.41) is 0. The Morgan fingerprint density at radius 2 is 1.00 bits per heavy atom. The molecule has 74 valence electrons. The summed E-state index contributed by atoms with van der Waals surface area (Å²) in [6, 6.07) is 0. The first-order chi connectivity index (χ1) is 5.37. The summed E-state index contributed by atoms with van der Waals surface area (Å²) in [6.07, 6.45) is -1.51. The molecule has 0 aliphatic heterocycles. The van der Waals surface area contributed by atoms with E-state index in [9.17, 15) is 17.6 Å². The molecule has 0 aromatic carbocycles. The van der Waals surface area contributed by atoms with Gasteiger partial charge >= 0.3 is 11.8 Å². The molecule has 0 N–H and O–H groups in total. The Hall–Kier alpha value is 1.18. The summed E-state index contributed by atoms with van der Waals surface area (Å²) in [6.45, 7) is 0. The third-order valence-electron chi connectivity index (χ3n) is 1.35. The van der Waals surface area contributed by atoms with Crippen molar-refractivity contribution in [3.05, 3.63) is 0 Å².